The van der Waals surface area contributed by atoms with Gasteiger partial charge in [-0.1, -0.05) is 70.9 Å². The Morgan fingerprint density at radius 2 is 1.53 bits per heavy atom. The van der Waals surface area contributed by atoms with E-state index in [1.807, 2.05) is 6.08 Å². The van der Waals surface area contributed by atoms with Crippen molar-refractivity contribution < 1.29 is 9.59 Å². The van der Waals surface area contributed by atoms with Crippen LogP contribution in [0.3, 0.4) is 0 Å². The Morgan fingerprint density at radius 1 is 0.967 bits per heavy atom. The predicted molar refractivity (Wildman–Crippen MR) is 129 cm³/mol. The number of carbonyl (C=O) groups excluding carboxylic acids is 2. The monoisotopic (exact) mass is 412 g/mol. The quantitative estimate of drug-likeness (QED) is 0.351. The van der Waals surface area contributed by atoms with Gasteiger partial charge in [0, 0.05) is 5.92 Å². The van der Waals surface area contributed by atoms with Gasteiger partial charge in [0.2, 0.25) is 0 Å². The van der Waals surface area contributed by atoms with Crippen molar-refractivity contribution in [3.05, 3.63) is 47.1 Å². The molecule has 2 rings (SSSR count). The minimum atomic E-state index is 0.129. The highest BCUT2D eigenvalue weighted by Crippen LogP contribution is 2.46. The summed E-state index contributed by atoms with van der Waals surface area (Å²) in [5.74, 6) is 2.03. The molecule has 0 spiro atoms. The molecule has 0 saturated carbocycles. The van der Waals surface area contributed by atoms with E-state index in [4.69, 9.17) is 0 Å². The fraction of sp³-hybridized carbons (Fsp3) is 0.643. The fourth-order valence-corrected chi connectivity index (χ4v) is 4.62. The molecule has 0 N–H and O–H groups in total. The molecule has 0 aliphatic heterocycles. The van der Waals surface area contributed by atoms with E-state index >= 15 is 0 Å². The highest BCUT2D eigenvalue weighted by molar-refractivity contribution is 5.88. The predicted octanol–water partition coefficient (Wildman–Crippen LogP) is 7.66. The van der Waals surface area contributed by atoms with E-state index in [1.165, 1.54) is 29.6 Å². The topological polar surface area (TPSA) is 34.1 Å². The van der Waals surface area contributed by atoms with Gasteiger partial charge in [-0.2, -0.15) is 0 Å². The lowest BCUT2D eigenvalue weighted by Crippen LogP contribution is -2.33. The van der Waals surface area contributed by atoms with Crippen LogP contribution in [0.4, 0.5) is 0 Å². The van der Waals surface area contributed by atoms with Crippen LogP contribution in [-0.4, -0.2) is 11.6 Å². The van der Waals surface area contributed by atoms with Gasteiger partial charge in [0.25, 0.3) is 0 Å². The highest BCUT2D eigenvalue weighted by atomic mass is 16.1. The van der Waals surface area contributed by atoms with Gasteiger partial charge in [0.15, 0.2) is 11.6 Å². The van der Waals surface area contributed by atoms with Gasteiger partial charge in [-0.05, 0) is 87.3 Å². The van der Waals surface area contributed by atoms with Gasteiger partial charge >= 0.3 is 0 Å². The summed E-state index contributed by atoms with van der Waals surface area (Å²) in [7, 11) is 0. The second-order valence-corrected chi connectivity index (χ2v) is 10.7. The Kier molecular flexibility index (Phi) is 9.26. The third kappa shape index (κ3) is 6.65. The summed E-state index contributed by atoms with van der Waals surface area (Å²) in [5, 5.41) is 0. The summed E-state index contributed by atoms with van der Waals surface area (Å²) >= 11 is 0. The van der Waals surface area contributed by atoms with E-state index in [1.54, 1.807) is 26.0 Å². The van der Waals surface area contributed by atoms with Gasteiger partial charge in [-0.25, -0.2) is 0 Å². The number of hydrogen-bond donors (Lipinski definition) is 0. The molecule has 0 bridgehead atoms. The fourth-order valence-electron chi connectivity index (χ4n) is 4.62. The smallest absolute Gasteiger partial charge is 0.152 e. The molecule has 2 aliphatic rings. The average Bonchev–Trinajstić information content (AvgIpc) is 2.61. The van der Waals surface area contributed by atoms with E-state index < -0.39 is 0 Å². The van der Waals surface area contributed by atoms with Crippen molar-refractivity contribution in [2.24, 2.45) is 28.6 Å². The minimum Gasteiger partial charge on any atom is -0.295 e. The van der Waals surface area contributed by atoms with E-state index in [0.29, 0.717) is 17.8 Å². The molecule has 0 aromatic carbocycles. The Balaban J connectivity index is 0.000000300. The zero-order valence-electron chi connectivity index (χ0n) is 21.1. The number of rotatable bonds is 4. The van der Waals surface area contributed by atoms with Crippen LogP contribution in [0.2, 0.25) is 0 Å². The zero-order chi connectivity index (χ0) is 23.3. The van der Waals surface area contributed by atoms with Gasteiger partial charge in [-0.15, -0.1) is 0 Å². The lowest BCUT2D eigenvalue weighted by atomic mass is 9.63. The first kappa shape index (κ1) is 26.3. The normalized spacial score (nSPS) is 28.2. The van der Waals surface area contributed by atoms with E-state index in [2.05, 4.69) is 67.5 Å². The summed E-state index contributed by atoms with van der Waals surface area (Å²) in [6, 6.07) is 0. The van der Waals surface area contributed by atoms with Crippen LogP contribution in [0.5, 0.6) is 0 Å². The Hall–Kier alpha value is -1.70. The van der Waals surface area contributed by atoms with Crippen molar-refractivity contribution in [3.63, 3.8) is 0 Å². The largest absolute Gasteiger partial charge is 0.295 e. The molecular formula is C28H44O2. The van der Waals surface area contributed by atoms with E-state index in [9.17, 15) is 9.59 Å². The molecule has 168 valence electrons. The molecule has 3 atom stereocenters. The molecule has 0 fully saturated rings. The molecule has 2 aliphatic carbocycles. The summed E-state index contributed by atoms with van der Waals surface area (Å²) in [4.78, 5) is 22.0. The number of allylic oxidation sites excluding steroid dienone is 8. The van der Waals surface area contributed by atoms with Gasteiger partial charge in [0.1, 0.15) is 0 Å². The number of hydrogen-bond acceptors (Lipinski definition) is 2. The summed E-state index contributed by atoms with van der Waals surface area (Å²) < 4.78 is 0. The van der Waals surface area contributed by atoms with Crippen molar-refractivity contribution in [2.45, 2.75) is 88.5 Å². The molecular weight excluding hydrogens is 368 g/mol. The van der Waals surface area contributed by atoms with Crippen LogP contribution in [0, 0.1) is 28.6 Å². The molecule has 0 radical (unpaired) electrons. The van der Waals surface area contributed by atoms with Crippen molar-refractivity contribution >= 4 is 11.6 Å². The van der Waals surface area contributed by atoms with Crippen LogP contribution in [0.1, 0.15) is 88.5 Å². The first-order chi connectivity index (χ1) is 13.7. The van der Waals surface area contributed by atoms with E-state index in [-0.39, 0.29) is 22.4 Å². The minimum absolute atomic E-state index is 0.129. The Labute approximate surface area is 185 Å². The lowest BCUT2D eigenvalue weighted by molar-refractivity contribution is -0.113. The molecule has 30 heavy (non-hydrogen) atoms. The molecule has 2 heteroatoms. The van der Waals surface area contributed by atoms with Crippen molar-refractivity contribution in [1.82, 2.24) is 0 Å². The van der Waals surface area contributed by atoms with Gasteiger partial charge in [-0.3, -0.25) is 9.59 Å². The SMILES string of the molecule is CC(=O)/C=C/C1=C(C)CCC(C)C1(C)C.CC(=O)/C=C/C1C(C)=CCC(C)C1(C)C. The highest BCUT2D eigenvalue weighted by Gasteiger charge is 2.36. The first-order valence-electron chi connectivity index (χ1n) is 11.5. The van der Waals surface area contributed by atoms with Crippen molar-refractivity contribution in [3.8, 4) is 0 Å². The molecule has 0 aromatic rings. The Bertz CT molecular complexity index is 756. The van der Waals surface area contributed by atoms with E-state index in [0.717, 1.165) is 6.42 Å². The lowest BCUT2D eigenvalue weighted by Gasteiger charge is -2.42. The molecule has 2 nitrogen and oxygen atoms in total. The number of ketones is 2. The van der Waals surface area contributed by atoms with Crippen LogP contribution in [0.25, 0.3) is 0 Å². The van der Waals surface area contributed by atoms with Crippen molar-refractivity contribution in [2.75, 3.05) is 0 Å². The molecule has 0 saturated heterocycles. The standard InChI is InChI=1S/2C14H22O/c2*1-10-6-7-11(2)14(4,5)13(10)9-8-12(3)15/h8-9,11H,6-7H2,1-5H3;6,8-9,11,13H,7H2,1-5H3/b2*9-8+. The second kappa shape index (κ2) is 10.6. The molecule has 0 amide bonds. The maximum Gasteiger partial charge on any atom is 0.152 e. The van der Waals surface area contributed by atoms with Gasteiger partial charge < -0.3 is 0 Å². The second-order valence-electron chi connectivity index (χ2n) is 10.7. The first-order valence-corrected chi connectivity index (χ1v) is 11.5. The maximum atomic E-state index is 11.0. The third-order valence-electron chi connectivity index (χ3n) is 7.70. The summed E-state index contributed by atoms with van der Waals surface area (Å²) in [6.07, 6.45) is 13.4. The molecule has 3 unspecified atom stereocenters. The molecule has 0 heterocycles. The third-order valence-corrected chi connectivity index (χ3v) is 7.70. The van der Waals surface area contributed by atoms with Crippen LogP contribution in [-0.2, 0) is 9.59 Å². The van der Waals surface area contributed by atoms with Gasteiger partial charge in [0.05, 0.1) is 0 Å². The zero-order valence-corrected chi connectivity index (χ0v) is 21.1. The maximum absolute atomic E-state index is 11.0. The Morgan fingerprint density at radius 3 is 2.07 bits per heavy atom. The number of carbonyl (C=O) groups is 2. The molecule has 0 aromatic heterocycles. The van der Waals surface area contributed by atoms with Crippen molar-refractivity contribution in [1.29, 1.82) is 0 Å². The van der Waals surface area contributed by atoms with Crippen LogP contribution in [0.15, 0.2) is 47.1 Å². The summed E-state index contributed by atoms with van der Waals surface area (Å²) in [5.41, 5.74) is 4.65. The summed E-state index contributed by atoms with van der Waals surface area (Å²) in [6.45, 7) is 21.3. The van der Waals surface area contributed by atoms with Crippen LogP contribution < -0.4 is 0 Å². The average molecular weight is 413 g/mol. The van der Waals surface area contributed by atoms with Crippen LogP contribution >= 0.6 is 0 Å².